The third kappa shape index (κ3) is 3.45. The van der Waals surface area contributed by atoms with Gasteiger partial charge in [-0.3, -0.25) is 4.79 Å². The molecule has 1 aromatic rings. The first kappa shape index (κ1) is 14.5. The lowest BCUT2D eigenvalue weighted by Crippen LogP contribution is -2.36. The van der Waals surface area contributed by atoms with Crippen molar-refractivity contribution >= 4 is 11.6 Å². The highest BCUT2D eigenvalue weighted by molar-refractivity contribution is 6.00. The first-order valence-corrected chi connectivity index (χ1v) is 5.86. The molecule has 0 atom stereocenters. The van der Waals surface area contributed by atoms with Crippen molar-refractivity contribution in [1.29, 1.82) is 0 Å². The third-order valence-electron chi connectivity index (χ3n) is 2.74. The van der Waals surface area contributed by atoms with Crippen molar-refractivity contribution in [3.63, 3.8) is 0 Å². The van der Waals surface area contributed by atoms with Crippen molar-refractivity contribution in [2.75, 3.05) is 39.1 Å². The van der Waals surface area contributed by atoms with Crippen LogP contribution in [0.1, 0.15) is 15.9 Å². The normalized spacial score (nSPS) is 10.4. The second-order valence-corrected chi connectivity index (χ2v) is 4.05. The number of benzene rings is 1. The number of hydrogen-bond acceptors (Lipinski definition) is 4. The Balaban J connectivity index is 2.94. The van der Waals surface area contributed by atoms with Crippen LogP contribution < -0.4 is 5.73 Å². The first-order chi connectivity index (χ1) is 8.61. The Labute approximate surface area is 107 Å². The number of anilines is 1. The van der Waals surface area contributed by atoms with Crippen LogP contribution in [0.15, 0.2) is 18.2 Å². The van der Waals surface area contributed by atoms with Gasteiger partial charge in [-0.15, -0.1) is 0 Å². The Morgan fingerprint density at radius 1 is 1.44 bits per heavy atom. The Bertz CT molecular complexity index is 387. The van der Waals surface area contributed by atoms with Crippen LogP contribution >= 0.6 is 0 Å². The van der Waals surface area contributed by atoms with E-state index in [0.717, 1.165) is 5.56 Å². The molecule has 0 radical (unpaired) electrons. The molecule has 5 heteroatoms. The number of aliphatic hydroxyl groups excluding tert-OH is 1. The summed E-state index contributed by atoms with van der Waals surface area (Å²) in [5.41, 5.74) is 7.64. The van der Waals surface area contributed by atoms with Crippen LogP contribution in [0.25, 0.3) is 0 Å². The van der Waals surface area contributed by atoms with E-state index in [0.29, 0.717) is 24.4 Å². The van der Waals surface area contributed by atoms with Crippen LogP contribution in [0.5, 0.6) is 0 Å². The molecule has 1 amide bonds. The fraction of sp³-hybridized carbons (Fsp3) is 0.462. The van der Waals surface area contributed by atoms with Crippen molar-refractivity contribution in [2.24, 2.45) is 0 Å². The molecule has 0 spiro atoms. The summed E-state index contributed by atoms with van der Waals surface area (Å²) in [6.07, 6.45) is 0. The highest BCUT2D eigenvalue weighted by Crippen LogP contribution is 2.18. The molecule has 0 aliphatic heterocycles. The molecule has 5 nitrogen and oxygen atoms in total. The first-order valence-electron chi connectivity index (χ1n) is 5.86. The highest BCUT2D eigenvalue weighted by Gasteiger charge is 2.19. The van der Waals surface area contributed by atoms with Gasteiger partial charge >= 0.3 is 0 Å². The van der Waals surface area contributed by atoms with E-state index in [1.165, 1.54) is 0 Å². The number of hydrogen-bond donors (Lipinski definition) is 2. The lowest BCUT2D eigenvalue weighted by Gasteiger charge is -2.23. The Kier molecular flexibility index (Phi) is 5.61. The van der Waals surface area contributed by atoms with Gasteiger partial charge in [0.05, 0.1) is 18.8 Å². The SMILES string of the molecule is COCCN(CCO)C(=O)c1c(C)cccc1N. The summed E-state index contributed by atoms with van der Waals surface area (Å²) in [6.45, 7) is 2.90. The number of aryl methyl sites for hydroxylation is 1. The summed E-state index contributed by atoms with van der Waals surface area (Å²) in [5, 5.41) is 9.00. The van der Waals surface area contributed by atoms with Crippen molar-refractivity contribution in [3.05, 3.63) is 29.3 Å². The zero-order chi connectivity index (χ0) is 13.5. The van der Waals surface area contributed by atoms with E-state index in [9.17, 15) is 4.79 Å². The standard InChI is InChI=1S/C13H20N2O3/c1-10-4-3-5-11(14)12(10)13(17)15(6-8-16)7-9-18-2/h3-5,16H,6-9,14H2,1-2H3. The largest absolute Gasteiger partial charge is 0.398 e. The smallest absolute Gasteiger partial charge is 0.256 e. The van der Waals surface area contributed by atoms with Gasteiger partial charge in [0.15, 0.2) is 0 Å². The number of nitrogens with two attached hydrogens (primary N) is 1. The minimum atomic E-state index is -0.170. The fourth-order valence-corrected chi connectivity index (χ4v) is 1.78. The van der Waals surface area contributed by atoms with E-state index in [4.69, 9.17) is 15.6 Å². The predicted octanol–water partition coefficient (Wildman–Crippen LogP) is 0.658. The molecule has 3 N–H and O–H groups in total. The van der Waals surface area contributed by atoms with E-state index < -0.39 is 0 Å². The van der Waals surface area contributed by atoms with Crippen LogP contribution in [0.2, 0.25) is 0 Å². The zero-order valence-electron chi connectivity index (χ0n) is 10.8. The summed E-state index contributed by atoms with van der Waals surface area (Å²) in [5.74, 6) is -0.170. The average molecular weight is 252 g/mol. The van der Waals surface area contributed by atoms with Crippen molar-refractivity contribution in [2.45, 2.75) is 6.92 Å². The van der Waals surface area contributed by atoms with Gasteiger partial charge in [-0.05, 0) is 18.6 Å². The number of ether oxygens (including phenoxy) is 1. The third-order valence-corrected chi connectivity index (χ3v) is 2.74. The fourth-order valence-electron chi connectivity index (χ4n) is 1.78. The Hall–Kier alpha value is -1.59. The number of nitrogen functional groups attached to an aromatic ring is 1. The number of carbonyl (C=O) groups is 1. The van der Waals surface area contributed by atoms with Crippen LogP contribution in [-0.2, 0) is 4.74 Å². The summed E-state index contributed by atoms with van der Waals surface area (Å²) >= 11 is 0. The van der Waals surface area contributed by atoms with Crippen LogP contribution in [0.3, 0.4) is 0 Å². The average Bonchev–Trinajstić information content (AvgIpc) is 2.34. The van der Waals surface area contributed by atoms with Crippen molar-refractivity contribution in [1.82, 2.24) is 4.90 Å². The number of nitrogens with zero attached hydrogens (tertiary/aromatic N) is 1. The molecule has 0 aromatic heterocycles. The molecule has 100 valence electrons. The molecule has 0 unspecified atom stereocenters. The van der Waals surface area contributed by atoms with E-state index in [1.807, 2.05) is 19.1 Å². The predicted molar refractivity (Wildman–Crippen MR) is 70.5 cm³/mol. The molecule has 0 saturated carbocycles. The number of amides is 1. The molecule has 0 aliphatic carbocycles. The van der Waals surface area contributed by atoms with Gasteiger partial charge in [0.2, 0.25) is 0 Å². The van der Waals surface area contributed by atoms with Crippen molar-refractivity contribution < 1.29 is 14.6 Å². The highest BCUT2D eigenvalue weighted by atomic mass is 16.5. The van der Waals surface area contributed by atoms with Gasteiger partial charge in [-0.1, -0.05) is 12.1 Å². The van der Waals surface area contributed by atoms with Crippen LogP contribution in [-0.4, -0.2) is 49.3 Å². The molecule has 0 aliphatic rings. The summed E-state index contributed by atoms with van der Waals surface area (Å²) in [7, 11) is 1.57. The van der Waals surface area contributed by atoms with Crippen LogP contribution in [0.4, 0.5) is 5.69 Å². The number of aliphatic hydroxyl groups is 1. The number of carbonyl (C=O) groups excluding carboxylic acids is 1. The monoisotopic (exact) mass is 252 g/mol. The van der Waals surface area contributed by atoms with Gasteiger partial charge in [-0.2, -0.15) is 0 Å². The number of methoxy groups -OCH3 is 1. The summed E-state index contributed by atoms with van der Waals surface area (Å²) < 4.78 is 4.96. The Morgan fingerprint density at radius 3 is 2.72 bits per heavy atom. The Morgan fingerprint density at radius 2 is 2.17 bits per heavy atom. The van der Waals surface area contributed by atoms with E-state index in [-0.39, 0.29) is 19.1 Å². The molecule has 1 aromatic carbocycles. The van der Waals surface area contributed by atoms with E-state index in [1.54, 1.807) is 18.1 Å². The zero-order valence-corrected chi connectivity index (χ0v) is 10.8. The van der Waals surface area contributed by atoms with Gasteiger partial charge < -0.3 is 20.5 Å². The van der Waals surface area contributed by atoms with Gasteiger partial charge in [-0.25, -0.2) is 0 Å². The summed E-state index contributed by atoms with van der Waals surface area (Å²) in [6, 6.07) is 5.36. The lowest BCUT2D eigenvalue weighted by atomic mass is 10.1. The molecular weight excluding hydrogens is 232 g/mol. The van der Waals surface area contributed by atoms with Gasteiger partial charge in [0.25, 0.3) is 5.91 Å². The second kappa shape index (κ2) is 6.98. The quantitative estimate of drug-likeness (QED) is 0.729. The van der Waals surface area contributed by atoms with E-state index >= 15 is 0 Å². The van der Waals surface area contributed by atoms with Gasteiger partial charge in [0.1, 0.15) is 0 Å². The maximum Gasteiger partial charge on any atom is 0.256 e. The summed E-state index contributed by atoms with van der Waals surface area (Å²) in [4.78, 5) is 13.9. The number of rotatable bonds is 6. The topological polar surface area (TPSA) is 75.8 Å². The lowest BCUT2D eigenvalue weighted by molar-refractivity contribution is 0.0657. The molecular formula is C13H20N2O3. The van der Waals surface area contributed by atoms with Gasteiger partial charge in [0, 0.05) is 25.9 Å². The maximum atomic E-state index is 12.4. The molecule has 0 fully saturated rings. The van der Waals surface area contributed by atoms with E-state index in [2.05, 4.69) is 0 Å². The molecule has 0 heterocycles. The molecule has 18 heavy (non-hydrogen) atoms. The van der Waals surface area contributed by atoms with Crippen LogP contribution in [0, 0.1) is 6.92 Å². The minimum Gasteiger partial charge on any atom is -0.398 e. The minimum absolute atomic E-state index is 0.0821. The second-order valence-electron chi connectivity index (χ2n) is 4.05. The molecule has 0 bridgehead atoms. The maximum absolute atomic E-state index is 12.4. The molecule has 0 saturated heterocycles. The molecule has 1 rings (SSSR count). The van der Waals surface area contributed by atoms with Crippen molar-refractivity contribution in [3.8, 4) is 0 Å².